The number of carbonyl (C=O) groups excluding carboxylic acids is 2. The zero-order valence-electron chi connectivity index (χ0n) is 15.2. The second kappa shape index (κ2) is 7.83. The number of nitrogens with one attached hydrogen (secondary N) is 1. The summed E-state index contributed by atoms with van der Waals surface area (Å²) in [5.74, 6) is -0.673. The molecule has 0 fully saturated rings. The van der Waals surface area contributed by atoms with Crippen molar-refractivity contribution in [3.8, 4) is 0 Å². The summed E-state index contributed by atoms with van der Waals surface area (Å²) in [6, 6.07) is 7.58. The standard InChI is InChI=1S/C20H24N2O3/c1-6-11-22-15(5)17(14(4)18(22)20(24)25-7-2)19(23)21-16-10-8-9-13(3)12-16/h6,8-10,12H,1,7,11H2,2-5H3,(H,21,23). The highest BCUT2D eigenvalue weighted by Gasteiger charge is 2.26. The molecule has 1 amide bonds. The average Bonchev–Trinajstić information content (AvgIpc) is 2.78. The molecule has 0 bridgehead atoms. The number of aryl methyl sites for hydroxylation is 1. The summed E-state index contributed by atoms with van der Waals surface area (Å²) < 4.78 is 6.92. The van der Waals surface area contributed by atoms with Gasteiger partial charge < -0.3 is 14.6 Å². The minimum absolute atomic E-state index is 0.242. The minimum Gasteiger partial charge on any atom is -0.461 e. The lowest BCUT2D eigenvalue weighted by molar-refractivity contribution is 0.0513. The molecule has 0 radical (unpaired) electrons. The quantitative estimate of drug-likeness (QED) is 0.638. The molecule has 0 spiro atoms. The number of rotatable bonds is 6. The van der Waals surface area contributed by atoms with Crippen molar-refractivity contribution >= 4 is 17.6 Å². The van der Waals surface area contributed by atoms with Crippen LogP contribution in [0.4, 0.5) is 5.69 Å². The smallest absolute Gasteiger partial charge is 0.355 e. The van der Waals surface area contributed by atoms with Gasteiger partial charge >= 0.3 is 5.97 Å². The summed E-state index contributed by atoms with van der Waals surface area (Å²) in [7, 11) is 0. The number of ether oxygens (including phenoxy) is 1. The van der Waals surface area contributed by atoms with Crippen molar-refractivity contribution in [1.82, 2.24) is 4.57 Å². The van der Waals surface area contributed by atoms with Crippen LogP contribution in [-0.4, -0.2) is 23.1 Å². The van der Waals surface area contributed by atoms with Crippen LogP contribution in [0.2, 0.25) is 0 Å². The Morgan fingerprint density at radius 1 is 1.28 bits per heavy atom. The van der Waals surface area contributed by atoms with Gasteiger partial charge in [-0.25, -0.2) is 4.79 Å². The molecule has 0 aliphatic carbocycles. The summed E-state index contributed by atoms with van der Waals surface area (Å²) in [5.41, 5.74) is 3.99. The topological polar surface area (TPSA) is 60.3 Å². The molecule has 132 valence electrons. The Morgan fingerprint density at radius 2 is 2.00 bits per heavy atom. The van der Waals surface area contributed by atoms with Gasteiger partial charge in [0.1, 0.15) is 5.69 Å². The molecule has 0 saturated carbocycles. The molecule has 1 aromatic heterocycles. The second-order valence-corrected chi connectivity index (χ2v) is 5.88. The van der Waals surface area contributed by atoms with Crippen molar-refractivity contribution in [2.45, 2.75) is 34.2 Å². The molecule has 5 nitrogen and oxygen atoms in total. The van der Waals surface area contributed by atoms with E-state index in [9.17, 15) is 9.59 Å². The Morgan fingerprint density at radius 3 is 2.60 bits per heavy atom. The van der Waals surface area contributed by atoms with E-state index in [4.69, 9.17) is 4.74 Å². The largest absolute Gasteiger partial charge is 0.461 e. The molecule has 1 aromatic carbocycles. The maximum absolute atomic E-state index is 12.8. The van der Waals surface area contributed by atoms with E-state index in [2.05, 4.69) is 11.9 Å². The fourth-order valence-electron chi connectivity index (χ4n) is 2.97. The molecule has 1 heterocycles. The molecule has 0 aliphatic rings. The van der Waals surface area contributed by atoms with Gasteiger partial charge in [-0.2, -0.15) is 0 Å². The van der Waals surface area contributed by atoms with Crippen LogP contribution in [0.1, 0.15) is 44.6 Å². The third-order valence-electron chi connectivity index (χ3n) is 4.05. The van der Waals surface area contributed by atoms with Gasteiger partial charge in [-0.15, -0.1) is 6.58 Å². The fraction of sp³-hybridized carbons (Fsp3) is 0.300. The van der Waals surface area contributed by atoms with E-state index in [1.807, 2.05) is 38.1 Å². The number of carbonyl (C=O) groups is 2. The van der Waals surface area contributed by atoms with Gasteiger partial charge in [0, 0.05) is 17.9 Å². The molecule has 5 heteroatoms. The van der Waals surface area contributed by atoms with E-state index < -0.39 is 5.97 Å². The highest BCUT2D eigenvalue weighted by molar-refractivity contribution is 6.08. The van der Waals surface area contributed by atoms with Crippen LogP contribution in [0.3, 0.4) is 0 Å². The van der Waals surface area contributed by atoms with Gasteiger partial charge in [-0.1, -0.05) is 18.2 Å². The van der Waals surface area contributed by atoms with E-state index in [-0.39, 0.29) is 12.5 Å². The maximum Gasteiger partial charge on any atom is 0.355 e. The summed E-state index contributed by atoms with van der Waals surface area (Å²) in [4.78, 5) is 25.2. The first kappa shape index (κ1) is 18.5. The van der Waals surface area contributed by atoms with E-state index in [0.29, 0.717) is 29.1 Å². The van der Waals surface area contributed by atoms with Crippen molar-refractivity contribution in [2.24, 2.45) is 0 Å². The van der Waals surface area contributed by atoms with Crippen molar-refractivity contribution in [2.75, 3.05) is 11.9 Å². The summed E-state index contributed by atoms with van der Waals surface area (Å²) in [6.45, 7) is 11.8. The van der Waals surface area contributed by atoms with Crippen LogP contribution in [0.25, 0.3) is 0 Å². The van der Waals surface area contributed by atoms with Gasteiger partial charge in [-0.05, 0) is 51.0 Å². The van der Waals surface area contributed by atoms with Crippen LogP contribution in [0.5, 0.6) is 0 Å². The van der Waals surface area contributed by atoms with E-state index in [1.165, 1.54) is 0 Å². The van der Waals surface area contributed by atoms with Crippen LogP contribution in [-0.2, 0) is 11.3 Å². The van der Waals surface area contributed by atoms with Gasteiger partial charge in [0.25, 0.3) is 5.91 Å². The number of benzene rings is 1. The SMILES string of the molecule is C=CCn1c(C)c(C(=O)Nc2cccc(C)c2)c(C)c1C(=O)OCC. The van der Waals surface area contributed by atoms with E-state index in [0.717, 1.165) is 11.3 Å². The molecule has 25 heavy (non-hydrogen) atoms. The molecule has 0 atom stereocenters. The summed E-state index contributed by atoms with van der Waals surface area (Å²) in [6.07, 6.45) is 1.69. The lowest BCUT2D eigenvalue weighted by Crippen LogP contribution is -2.14. The Bertz CT molecular complexity index is 819. The van der Waals surface area contributed by atoms with E-state index >= 15 is 0 Å². The molecule has 1 N–H and O–H groups in total. The molecular weight excluding hydrogens is 316 g/mol. The maximum atomic E-state index is 12.8. The Balaban J connectivity index is 2.46. The zero-order valence-corrected chi connectivity index (χ0v) is 15.2. The predicted octanol–water partition coefficient (Wildman–Crippen LogP) is 4.03. The molecule has 2 aromatic rings. The van der Waals surface area contributed by atoms with Gasteiger partial charge in [-0.3, -0.25) is 4.79 Å². The fourth-order valence-corrected chi connectivity index (χ4v) is 2.97. The van der Waals surface area contributed by atoms with Crippen molar-refractivity contribution in [1.29, 1.82) is 0 Å². The number of aromatic nitrogens is 1. The number of anilines is 1. The summed E-state index contributed by atoms with van der Waals surface area (Å²) in [5, 5.41) is 2.90. The van der Waals surface area contributed by atoms with Gasteiger partial charge in [0.2, 0.25) is 0 Å². The monoisotopic (exact) mass is 340 g/mol. The minimum atomic E-state index is -0.431. The molecule has 0 unspecified atom stereocenters. The van der Waals surface area contributed by atoms with Crippen LogP contribution >= 0.6 is 0 Å². The first-order valence-corrected chi connectivity index (χ1v) is 8.26. The van der Waals surface area contributed by atoms with Gasteiger partial charge in [0.05, 0.1) is 12.2 Å². The highest BCUT2D eigenvalue weighted by Crippen LogP contribution is 2.24. The number of amides is 1. The zero-order chi connectivity index (χ0) is 18.6. The van der Waals surface area contributed by atoms with E-state index in [1.54, 1.807) is 24.5 Å². The number of hydrogen-bond donors (Lipinski definition) is 1. The highest BCUT2D eigenvalue weighted by atomic mass is 16.5. The van der Waals surface area contributed by atoms with Crippen LogP contribution < -0.4 is 5.32 Å². The third kappa shape index (κ3) is 3.82. The number of allylic oxidation sites excluding steroid dienone is 1. The second-order valence-electron chi connectivity index (χ2n) is 5.88. The summed E-state index contributed by atoms with van der Waals surface area (Å²) >= 11 is 0. The molecule has 0 aliphatic heterocycles. The lowest BCUT2D eigenvalue weighted by atomic mass is 10.1. The molecular formula is C20H24N2O3. The molecule has 0 saturated heterocycles. The number of nitrogens with zero attached hydrogens (tertiary/aromatic N) is 1. The van der Waals surface area contributed by atoms with Crippen molar-refractivity contribution < 1.29 is 14.3 Å². The van der Waals surface area contributed by atoms with Crippen LogP contribution in [0, 0.1) is 20.8 Å². The van der Waals surface area contributed by atoms with Gasteiger partial charge in [0.15, 0.2) is 0 Å². The predicted molar refractivity (Wildman–Crippen MR) is 99.2 cm³/mol. The molecule has 2 rings (SSSR count). The average molecular weight is 340 g/mol. The third-order valence-corrected chi connectivity index (χ3v) is 4.05. The lowest BCUT2D eigenvalue weighted by Gasteiger charge is -2.09. The van der Waals surface area contributed by atoms with Crippen molar-refractivity contribution in [3.63, 3.8) is 0 Å². The normalized spacial score (nSPS) is 10.4. The Labute approximate surface area is 148 Å². The first-order valence-electron chi connectivity index (χ1n) is 8.26. The Kier molecular flexibility index (Phi) is 5.80. The first-order chi connectivity index (χ1) is 11.9. The van der Waals surface area contributed by atoms with Crippen LogP contribution in [0.15, 0.2) is 36.9 Å². The number of esters is 1. The van der Waals surface area contributed by atoms with Crippen molar-refractivity contribution in [3.05, 3.63) is 65.0 Å². The Hall–Kier alpha value is -2.82. The number of hydrogen-bond acceptors (Lipinski definition) is 3.